The third-order valence-corrected chi connectivity index (χ3v) is 1.64. The summed E-state index contributed by atoms with van der Waals surface area (Å²) in [6, 6.07) is 1.87. The summed E-state index contributed by atoms with van der Waals surface area (Å²) in [5.74, 6) is 2.43. The molecule has 0 saturated carbocycles. The molecule has 1 rings (SSSR count). The number of hydrogen-bond donors (Lipinski definition) is 3. The second-order valence-corrected chi connectivity index (χ2v) is 2.73. The van der Waals surface area contributed by atoms with Crippen LogP contribution in [0.15, 0.2) is 12.3 Å². The first-order valence-electron chi connectivity index (χ1n) is 3.76. The standard InChI is InChI=1S/C8H10N4S/c1-2-4-9-8(13)10-6-7-3-5-11-12-7/h1,3,5H,4,6H2,(H,11,12)(H2,9,10,13). The summed E-state index contributed by atoms with van der Waals surface area (Å²) in [5.41, 5.74) is 0.977. The molecule has 4 nitrogen and oxygen atoms in total. The molecule has 0 bridgehead atoms. The number of H-pyrrole nitrogens is 1. The Hall–Kier alpha value is -1.54. The number of hydrogen-bond acceptors (Lipinski definition) is 2. The first-order chi connectivity index (χ1) is 6.33. The van der Waals surface area contributed by atoms with Gasteiger partial charge in [-0.2, -0.15) is 5.10 Å². The van der Waals surface area contributed by atoms with E-state index in [1.54, 1.807) is 6.20 Å². The molecule has 1 aromatic rings. The van der Waals surface area contributed by atoms with E-state index in [1.165, 1.54) is 0 Å². The number of thiocarbonyl (C=S) groups is 1. The number of nitrogens with one attached hydrogen (secondary N) is 3. The minimum absolute atomic E-state index is 0.439. The summed E-state index contributed by atoms with van der Waals surface area (Å²) in [7, 11) is 0. The maximum Gasteiger partial charge on any atom is 0.167 e. The third-order valence-electron chi connectivity index (χ3n) is 1.35. The molecule has 0 amide bonds. The van der Waals surface area contributed by atoms with E-state index in [2.05, 4.69) is 26.8 Å². The third kappa shape index (κ3) is 3.58. The zero-order valence-electron chi connectivity index (χ0n) is 7.00. The lowest BCUT2D eigenvalue weighted by Gasteiger charge is -2.06. The van der Waals surface area contributed by atoms with Gasteiger partial charge in [0.15, 0.2) is 5.11 Å². The van der Waals surface area contributed by atoms with E-state index in [-0.39, 0.29) is 0 Å². The average molecular weight is 194 g/mol. The Kier molecular flexibility index (Phi) is 3.79. The summed E-state index contributed by atoms with van der Waals surface area (Å²) in [5, 5.41) is 13.0. The lowest BCUT2D eigenvalue weighted by atomic mass is 10.4. The van der Waals surface area contributed by atoms with E-state index in [4.69, 9.17) is 18.6 Å². The van der Waals surface area contributed by atoms with Gasteiger partial charge in [0.2, 0.25) is 0 Å². The molecule has 0 atom stereocenters. The highest BCUT2D eigenvalue weighted by atomic mass is 32.1. The fraction of sp³-hybridized carbons (Fsp3) is 0.250. The Morgan fingerprint density at radius 1 is 1.69 bits per heavy atom. The monoisotopic (exact) mass is 194 g/mol. The van der Waals surface area contributed by atoms with Gasteiger partial charge < -0.3 is 10.6 Å². The van der Waals surface area contributed by atoms with Crippen LogP contribution in [0, 0.1) is 12.3 Å². The van der Waals surface area contributed by atoms with E-state index in [0.717, 1.165) is 5.69 Å². The number of aromatic amines is 1. The topological polar surface area (TPSA) is 52.7 Å². The summed E-state index contributed by atoms with van der Waals surface area (Å²) in [4.78, 5) is 0. The zero-order valence-corrected chi connectivity index (χ0v) is 7.82. The molecule has 68 valence electrons. The summed E-state index contributed by atoms with van der Waals surface area (Å²) < 4.78 is 0. The minimum Gasteiger partial charge on any atom is -0.357 e. The van der Waals surface area contributed by atoms with E-state index < -0.39 is 0 Å². The molecule has 3 N–H and O–H groups in total. The first-order valence-corrected chi connectivity index (χ1v) is 4.17. The first kappa shape index (κ1) is 9.55. The molecule has 0 saturated heterocycles. The van der Waals surface area contributed by atoms with Gasteiger partial charge in [-0.25, -0.2) is 0 Å². The molecule has 13 heavy (non-hydrogen) atoms. The van der Waals surface area contributed by atoms with Crippen LogP contribution in [0.5, 0.6) is 0 Å². The summed E-state index contributed by atoms with van der Waals surface area (Å²) in [6.07, 6.45) is 6.74. The van der Waals surface area contributed by atoms with Crippen LogP contribution >= 0.6 is 12.2 Å². The Morgan fingerprint density at radius 2 is 2.54 bits per heavy atom. The van der Waals surface area contributed by atoms with E-state index in [1.807, 2.05) is 6.07 Å². The molecule has 0 radical (unpaired) electrons. The average Bonchev–Trinajstić information content (AvgIpc) is 2.64. The van der Waals surface area contributed by atoms with Gasteiger partial charge >= 0.3 is 0 Å². The van der Waals surface area contributed by atoms with Crippen LogP contribution in [0.3, 0.4) is 0 Å². The lowest BCUT2D eigenvalue weighted by Crippen LogP contribution is -2.34. The zero-order chi connectivity index (χ0) is 9.52. The van der Waals surface area contributed by atoms with Crippen molar-refractivity contribution in [2.24, 2.45) is 0 Å². The highest BCUT2D eigenvalue weighted by Gasteiger charge is 1.94. The molecule has 0 aliphatic carbocycles. The van der Waals surface area contributed by atoms with E-state index >= 15 is 0 Å². The van der Waals surface area contributed by atoms with Gasteiger partial charge in [-0.1, -0.05) is 5.92 Å². The molecule has 0 unspecified atom stereocenters. The molecule has 0 aliphatic rings. The highest BCUT2D eigenvalue weighted by molar-refractivity contribution is 7.80. The molecular weight excluding hydrogens is 184 g/mol. The molecular formula is C8H10N4S. The van der Waals surface area contributed by atoms with Gasteiger partial charge in [-0.05, 0) is 18.3 Å². The highest BCUT2D eigenvalue weighted by Crippen LogP contribution is 1.88. The number of nitrogens with zero attached hydrogens (tertiary/aromatic N) is 1. The van der Waals surface area contributed by atoms with E-state index in [0.29, 0.717) is 18.2 Å². The number of rotatable bonds is 3. The van der Waals surface area contributed by atoms with Crippen LogP contribution in [-0.2, 0) is 6.54 Å². The fourth-order valence-corrected chi connectivity index (χ4v) is 0.897. The Labute approximate surface area is 82.1 Å². The maximum absolute atomic E-state index is 5.05. The van der Waals surface area contributed by atoms with Crippen molar-refractivity contribution in [2.45, 2.75) is 6.54 Å². The van der Waals surface area contributed by atoms with Gasteiger partial charge in [0.1, 0.15) is 0 Å². The predicted molar refractivity (Wildman–Crippen MR) is 54.9 cm³/mol. The lowest BCUT2D eigenvalue weighted by molar-refractivity contribution is 0.836. The largest absolute Gasteiger partial charge is 0.357 e. The van der Waals surface area contributed by atoms with Crippen LogP contribution < -0.4 is 10.6 Å². The van der Waals surface area contributed by atoms with Crippen molar-refractivity contribution in [3.8, 4) is 12.3 Å². The smallest absolute Gasteiger partial charge is 0.167 e. The van der Waals surface area contributed by atoms with Gasteiger partial charge in [-0.15, -0.1) is 6.42 Å². The van der Waals surface area contributed by atoms with E-state index in [9.17, 15) is 0 Å². The SMILES string of the molecule is C#CCNC(=S)NCc1ccn[nH]1. The predicted octanol–water partition coefficient (Wildman–Crippen LogP) is 0.00700. The van der Waals surface area contributed by atoms with Gasteiger partial charge in [0.25, 0.3) is 0 Å². The van der Waals surface area contributed by atoms with Crippen molar-refractivity contribution in [3.05, 3.63) is 18.0 Å². The van der Waals surface area contributed by atoms with Crippen LogP contribution in [0.1, 0.15) is 5.69 Å². The molecule has 1 heterocycles. The quantitative estimate of drug-likeness (QED) is 0.468. The molecule has 5 heteroatoms. The fourth-order valence-electron chi connectivity index (χ4n) is 0.752. The summed E-state index contributed by atoms with van der Waals surface area (Å²) >= 11 is 4.94. The normalized spacial score (nSPS) is 8.85. The Morgan fingerprint density at radius 3 is 3.15 bits per heavy atom. The van der Waals surface area contributed by atoms with Crippen molar-refractivity contribution in [1.82, 2.24) is 20.8 Å². The van der Waals surface area contributed by atoms with Gasteiger partial charge in [0, 0.05) is 6.20 Å². The van der Waals surface area contributed by atoms with Gasteiger partial charge in [0.05, 0.1) is 18.8 Å². The molecule has 0 spiro atoms. The molecule has 0 fully saturated rings. The van der Waals surface area contributed by atoms with Crippen molar-refractivity contribution in [2.75, 3.05) is 6.54 Å². The number of terminal acetylenes is 1. The van der Waals surface area contributed by atoms with Crippen molar-refractivity contribution >= 4 is 17.3 Å². The van der Waals surface area contributed by atoms with Crippen LogP contribution in [0.2, 0.25) is 0 Å². The second-order valence-electron chi connectivity index (χ2n) is 2.32. The van der Waals surface area contributed by atoms with Crippen molar-refractivity contribution in [1.29, 1.82) is 0 Å². The maximum atomic E-state index is 5.05. The summed E-state index contributed by atoms with van der Waals surface area (Å²) in [6.45, 7) is 1.06. The van der Waals surface area contributed by atoms with Gasteiger partial charge in [-0.3, -0.25) is 5.10 Å². The van der Waals surface area contributed by atoms with Crippen LogP contribution in [0.25, 0.3) is 0 Å². The van der Waals surface area contributed by atoms with Crippen LogP contribution in [-0.4, -0.2) is 21.9 Å². The minimum atomic E-state index is 0.439. The molecule has 0 aromatic carbocycles. The van der Waals surface area contributed by atoms with Crippen molar-refractivity contribution in [3.63, 3.8) is 0 Å². The molecule has 1 aromatic heterocycles. The van der Waals surface area contributed by atoms with Crippen molar-refractivity contribution < 1.29 is 0 Å². The Bertz CT molecular complexity index is 298. The molecule has 0 aliphatic heterocycles. The Balaban J connectivity index is 2.20. The van der Waals surface area contributed by atoms with Crippen LogP contribution in [0.4, 0.5) is 0 Å². The second kappa shape index (κ2) is 5.17. The number of aromatic nitrogens is 2.